The highest BCUT2D eigenvalue weighted by Crippen LogP contribution is 2.34. The normalized spacial score (nSPS) is 17.4. The van der Waals surface area contributed by atoms with Crippen LogP contribution in [0.15, 0.2) is 42.5 Å². The number of carbonyl (C=O) groups is 1. The van der Waals surface area contributed by atoms with E-state index in [0.29, 0.717) is 12.3 Å². The summed E-state index contributed by atoms with van der Waals surface area (Å²) in [6.45, 7) is 6.02. The molecule has 0 saturated carbocycles. The zero-order valence-electron chi connectivity index (χ0n) is 16.0. The number of phenols is 1. The minimum absolute atomic E-state index is 0.0381. The van der Waals surface area contributed by atoms with Crippen LogP contribution in [-0.2, 0) is 4.79 Å². The molecule has 3 N–H and O–H groups in total. The van der Waals surface area contributed by atoms with Crippen molar-refractivity contribution >= 4 is 11.6 Å². The van der Waals surface area contributed by atoms with Crippen LogP contribution >= 0.6 is 0 Å². The van der Waals surface area contributed by atoms with Gasteiger partial charge in [-0.25, -0.2) is 0 Å². The molecule has 1 fully saturated rings. The summed E-state index contributed by atoms with van der Waals surface area (Å²) in [6.07, 6.45) is 0. The molecule has 7 nitrogen and oxygen atoms in total. The number of rotatable bonds is 5. The highest BCUT2D eigenvalue weighted by atomic mass is 16.7. The lowest BCUT2D eigenvalue weighted by molar-refractivity contribution is -0.892. The lowest BCUT2D eigenvalue weighted by atomic mass is 10.1. The predicted molar refractivity (Wildman–Crippen MR) is 105 cm³/mol. The zero-order valence-corrected chi connectivity index (χ0v) is 16.0. The van der Waals surface area contributed by atoms with E-state index in [0.717, 1.165) is 48.9 Å². The summed E-state index contributed by atoms with van der Waals surface area (Å²) in [4.78, 5) is 15.9. The van der Waals surface area contributed by atoms with Gasteiger partial charge in [0, 0.05) is 0 Å². The minimum atomic E-state index is -0.0936. The van der Waals surface area contributed by atoms with Crippen LogP contribution in [0.25, 0.3) is 0 Å². The fourth-order valence-electron chi connectivity index (χ4n) is 3.76. The molecule has 0 radical (unpaired) electrons. The van der Waals surface area contributed by atoms with Crippen molar-refractivity contribution in [2.75, 3.05) is 44.4 Å². The lowest BCUT2D eigenvalue weighted by Gasteiger charge is -2.33. The van der Waals surface area contributed by atoms with E-state index in [4.69, 9.17) is 9.47 Å². The Morgan fingerprint density at radius 2 is 1.93 bits per heavy atom. The summed E-state index contributed by atoms with van der Waals surface area (Å²) in [6, 6.07) is 13.1. The quantitative estimate of drug-likeness (QED) is 0.708. The summed E-state index contributed by atoms with van der Waals surface area (Å²) in [5.74, 6) is 1.82. The monoisotopic (exact) mass is 384 g/mol. The van der Waals surface area contributed by atoms with Gasteiger partial charge < -0.3 is 29.7 Å². The topological polar surface area (TPSA) is 75.5 Å². The van der Waals surface area contributed by atoms with Crippen molar-refractivity contribution in [3.63, 3.8) is 0 Å². The second kappa shape index (κ2) is 7.98. The number of phenolic OH excluding ortho intramolecular Hbond substituents is 1. The Kier molecular flexibility index (Phi) is 5.25. The van der Waals surface area contributed by atoms with Crippen LogP contribution in [0.5, 0.6) is 17.2 Å². The maximum Gasteiger partial charge on any atom is 0.275 e. The number of nitrogens with zero attached hydrogens (tertiary/aromatic N) is 1. The summed E-state index contributed by atoms with van der Waals surface area (Å²) in [7, 11) is 0. The van der Waals surface area contributed by atoms with Gasteiger partial charge >= 0.3 is 0 Å². The Labute approximate surface area is 164 Å². The highest BCUT2D eigenvalue weighted by Gasteiger charge is 2.24. The Morgan fingerprint density at radius 1 is 1.18 bits per heavy atom. The Morgan fingerprint density at radius 3 is 2.71 bits per heavy atom. The molecule has 2 aromatic carbocycles. The van der Waals surface area contributed by atoms with Crippen LogP contribution in [0.2, 0.25) is 0 Å². The van der Waals surface area contributed by atoms with E-state index < -0.39 is 0 Å². The molecule has 7 heteroatoms. The fourth-order valence-corrected chi connectivity index (χ4v) is 3.76. The number of nitrogens with one attached hydrogen (secondary N) is 2. The van der Waals surface area contributed by atoms with Gasteiger partial charge in [0.1, 0.15) is 5.75 Å². The predicted octanol–water partition coefficient (Wildman–Crippen LogP) is 0.703. The van der Waals surface area contributed by atoms with E-state index in [1.54, 1.807) is 6.07 Å². The molecular formula is C21H26N3O4+. The third-order valence-electron chi connectivity index (χ3n) is 5.38. The minimum Gasteiger partial charge on any atom is -0.506 e. The molecule has 1 saturated heterocycles. The van der Waals surface area contributed by atoms with Gasteiger partial charge in [-0.2, -0.15) is 0 Å². The second-order valence-corrected chi connectivity index (χ2v) is 7.30. The molecule has 1 amide bonds. The van der Waals surface area contributed by atoms with Gasteiger partial charge in [-0.05, 0) is 36.8 Å². The fraction of sp³-hybridized carbons (Fsp3) is 0.381. The maximum atomic E-state index is 12.5. The second-order valence-electron chi connectivity index (χ2n) is 7.30. The van der Waals surface area contributed by atoms with E-state index in [1.807, 2.05) is 43.3 Å². The number of amides is 1. The smallest absolute Gasteiger partial charge is 0.275 e. The van der Waals surface area contributed by atoms with E-state index in [2.05, 4.69) is 10.2 Å². The summed E-state index contributed by atoms with van der Waals surface area (Å²) in [5.41, 5.74) is 1.86. The molecule has 148 valence electrons. The van der Waals surface area contributed by atoms with E-state index >= 15 is 0 Å². The molecular weight excluding hydrogens is 358 g/mol. The zero-order chi connectivity index (χ0) is 19.5. The summed E-state index contributed by atoms with van der Waals surface area (Å²) in [5, 5.41) is 13.1. The molecule has 2 aliphatic heterocycles. The number of para-hydroxylation sites is 2. The average molecular weight is 384 g/mol. The number of aromatic hydroxyl groups is 1. The molecule has 1 atom stereocenters. The van der Waals surface area contributed by atoms with Gasteiger partial charge in [0.15, 0.2) is 18.0 Å². The number of carbonyl (C=O) groups excluding carboxylic acids is 1. The van der Waals surface area contributed by atoms with Crippen LogP contribution in [0.4, 0.5) is 5.69 Å². The van der Waals surface area contributed by atoms with E-state index in [9.17, 15) is 9.90 Å². The summed E-state index contributed by atoms with van der Waals surface area (Å²) < 4.78 is 10.7. The van der Waals surface area contributed by atoms with Crippen molar-refractivity contribution < 1.29 is 24.3 Å². The Bertz CT molecular complexity index is 849. The van der Waals surface area contributed by atoms with Gasteiger partial charge in [-0.3, -0.25) is 4.79 Å². The lowest BCUT2D eigenvalue weighted by Crippen LogP contribution is -3.15. The van der Waals surface area contributed by atoms with Crippen LogP contribution in [0.3, 0.4) is 0 Å². The first-order valence-corrected chi connectivity index (χ1v) is 9.65. The molecule has 0 spiro atoms. The van der Waals surface area contributed by atoms with E-state index in [1.165, 1.54) is 4.90 Å². The van der Waals surface area contributed by atoms with E-state index in [-0.39, 0.29) is 18.7 Å². The van der Waals surface area contributed by atoms with Crippen molar-refractivity contribution in [2.24, 2.45) is 0 Å². The van der Waals surface area contributed by atoms with Crippen LogP contribution in [0.1, 0.15) is 18.5 Å². The van der Waals surface area contributed by atoms with Gasteiger partial charge in [-0.15, -0.1) is 0 Å². The molecule has 4 rings (SSSR count). The van der Waals surface area contributed by atoms with Crippen LogP contribution in [-0.4, -0.2) is 50.5 Å². The molecule has 2 heterocycles. The van der Waals surface area contributed by atoms with Crippen molar-refractivity contribution in [2.45, 2.75) is 13.0 Å². The molecule has 0 unspecified atom stereocenters. The number of piperazine rings is 1. The third kappa shape index (κ3) is 3.99. The van der Waals surface area contributed by atoms with Crippen LogP contribution in [0, 0.1) is 0 Å². The maximum absolute atomic E-state index is 12.5. The van der Waals surface area contributed by atoms with Crippen molar-refractivity contribution in [1.29, 1.82) is 0 Å². The molecule has 0 bridgehead atoms. The third-order valence-corrected chi connectivity index (χ3v) is 5.38. The first kappa shape index (κ1) is 18.4. The first-order valence-electron chi connectivity index (χ1n) is 9.65. The van der Waals surface area contributed by atoms with Crippen molar-refractivity contribution in [3.05, 3.63) is 48.0 Å². The number of ether oxygens (including phenoxy) is 2. The van der Waals surface area contributed by atoms with Gasteiger partial charge in [0.25, 0.3) is 5.91 Å². The number of hydrogen-bond donors (Lipinski definition) is 3. The summed E-state index contributed by atoms with van der Waals surface area (Å²) >= 11 is 0. The van der Waals surface area contributed by atoms with Crippen molar-refractivity contribution in [3.8, 4) is 17.2 Å². The first-order chi connectivity index (χ1) is 13.6. The average Bonchev–Trinajstić information content (AvgIpc) is 3.17. The van der Waals surface area contributed by atoms with Gasteiger partial charge in [0.2, 0.25) is 6.79 Å². The number of quaternary nitrogens is 1. The Balaban J connectivity index is 1.27. The highest BCUT2D eigenvalue weighted by molar-refractivity contribution is 5.77. The van der Waals surface area contributed by atoms with Gasteiger partial charge in [0.05, 0.1) is 37.9 Å². The number of hydrogen-bond acceptors (Lipinski definition) is 5. The number of anilines is 1. The number of benzene rings is 2. The molecule has 2 aromatic rings. The molecule has 0 aromatic heterocycles. The molecule has 0 aliphatic carbocycles. The van der Waals surface area contributed by atoms with Gasteiger partial charge in [-0.1, -0.05) is 18.2 Å². The van der Waals surface area contributed by atoms with Crippen molar-refractivity contribution in [1.82, 2.24) is 5.32 Å². The number of fused-ring (bicyclic) bond motifs is 1. The standard InChI is InChI=1S/C21H25N3O4/c1-15(16-6-7-19-20(12-16)28-14-27-19)22-21(26)13-23-8-10-24(11-9-23)17-4-2-3-5-18(17)25/h2-7,12,15,25H,8-11,13-14H2,1H3,(H,22,26)/p+1/t15-/m0/s1. The molecule has 2 aliphatic rings. The largest absolute Gasteiger partial charge is 0.506 e. The molecule has 28 heavy (non-hydrogen) atoms. The van der Waals surface area contributed by atoms with Crippen LogP contribution < -0.4 is 24.6 Å². The Hall–Kier alpha value is -2.93. The SMILES string of the molecule is C[C@H](NC(=O)C[NH+]1CCN(c2ccccc2O)CC1)c1ccc2c(c1)OCO2.